The number of nitrogens with zero attached hydrogens (tertiary/aromatic N) is 1. The summed E-state index contributed by atoms with van der Waals surface area (Å²) in [5.41, 5.74) is 14.1. The normalized spacial score (nSPS) is 12.9. The Balaban J connectivity index is 1.22. The molecule has 0 spiro atoms. The number of para-hydroxylation sites is 1. The van der Waals surface area contributed by atoms with Gasteiger partial charge in [0.1, 0.15) is 11.2 Å². The van der Waals surface area contributed by atoms with E-state index in [4.69, 9.17) is 4.42 Å². The van der Waals surface area contributed by atoms with Crippen LogP contribution in [0.1, 0.15) is 17.7 Å². The first-order valence-corrected chi connectivity index (χ1v) is 18.5. The lowest BCUT2D eigenvalue weighted by atomic mass is 9.93. The number of rotatable bonds is 4. The fourth-order valence-electron chi connectivity index (χ4n) is 8.36. The standard InChI is InChI=1S/C48H31NOS/c1-2-12-30(13-3-1)31-14-10-15-32(26-31)33-27-34(36-19-11-23-45-46(36)40-18-6-9-22-44(40)51-45)29-35(28-33)49-41-20-7-4-17-39(41)47-42(49)25-24-38-37-16-5-8-21-43(37)50-48(38)47/h1-3,5-16,18-29H,4,17H2. The largest absolute Gasteiger partial charge is 0.455 e. The molecule has 51 heavy (non-hydrogen) atoms. The topological polar surface area (TPSA) is 18.1 Å². The van der Waals surface area contributed by atoms with E-state index >= 15 is 0 Å². The van der Waals surface area contributed by atoms with Crippen molar-refractivity contribution in [2.24, 2.45) is 0 Å². The first-order valence-electron chi connectivity index (χ1n) is 17.6. The van der Waals surface area contributed by atoms with Crippen LogP contribution in [0.15, 0.2) is 162 Å². The van der Waals surface area contributed by atoms with E-state index in [0.717, 1.165) is 29.7 Å². The molecule has 1 aliphatic rings. The SMILES string of the molecule is C1=Cc2c(c3c4oc5ccccc5c4ccc3n2-c2cc(-c3cccc(-c4ccccc4)c3)cc(-c3cccc4sc5ccccc5c34)c2)CC1. The van der Waals surface area contributed by atoms with E-state index in [9.17, 15) is 0 Å². The molecule has 0 saturated carbocycles. The highest BCUT2D eigenvalue weighted by Crippen LogP contribution is 2.45. The summed E-state index contributed by atoms with van der Waals surface area (Å²) >= 11 is 1.87. The summed E-state index contributed by atoms with van der Waals surface area (Å²) in [6.07, 6.45) is 6.65. The number of aryl methyl sites for hydroxylation is 1. The van der Waals surface area contributed by atoms with E-state index in [2.05, 4.69) is 168 Å². The van der Waals surface area contributed by atoms with Crippen molar-refractivity contribution in [3.63, 3.8) is 0 Å². The summed E-state index contributed by atoms with van der Waals surface area (Å²) in [4.78, 5) is 0. The molecule has 0 unspecified atom stereocenters. The molecular formula is C48H31NOS. The van der Waals surface area contributed by atoms with Crippen LogP contribution in [0.4, 0.5) is 0 Å². The maximum atomic E-state index is 6.67. The van der Waals surface area contributed by atoms with Gasteiger partial charge in [0.15, 0.2) is 0 Å². The molecule has 3 heterocycles. The Morgan fingerprint density at radius 2 is 1.25 bits per heavy atom. The van der Waals surface area contributed by atoms with Crippen molar-refractivity contribution in [2.75, 3.05) is 0 Å². The van der Waals surface area contributed by atoms with Gasteiger partial charge in [-0.2, -0.15) is 0 Å². The van der Waals surface area contributed by atoms with Gasteiger partial charge in [-0.15, -0.1) is 11.3 Å². The third kappa shape index (κ3) is 4.42. The van der Waals surface area contributed by atoms with Crippen molar-refractivity contribution >= 4 is 70.4 Å². The molecule has 1 aliphatic carbocycles. The monoisotopic (exact) mass is 669 g/mol. The molecule has 0 saturated heterocycles. The summed E-state index contributed by atoms with van der Waals surface area (Å²) in [5.74, 6) is 0. The van der Waals surface area contributed by atoms with Crippen molar-refractivity contribution in [3.8, 4) is 39.1 Å². The fourth-order valence-corrected chi connectivity index (χ4v) is 9.50. The third-order valence-corrected chi connectivity index (χ3v) is 11.8. The zero-order valence-electron chi connectivity index (χ0n) is 27.8. The Kier molecular flexibility index (Phi) is 6.28. The fraction of sp³-hybridized carbons (Fsp3) is 0.0417. The van der Waals surface area contributed by atoms with E-state index in [1.807, 2.05) is 11.3 Å². The molecule has 0 atom stereocenters. The van der Waals surface area contributed by atoms with Gasteiger partial charge < -0.3 is 8.98 Å². The smallest absolute Gasteiger partial charge is 0.145 e. The number of allylic oxidation sites excluding steroid dienone is 1. The van der Waals surface area contributed by atoms with E-state index < -0.39 is 0 Å². The maximum absolute atomic E-state index is 6.67. The van der Waals surface area contributed by atoms with Gasteiger partial charge in [0, 0.05) is 47.7 Å². The zero-order valence-corrected chi connectivity index (χ0v) is 28.6. The highest BCUT2D eigenvalue weighted by molar-refractivity contribution is 7.25. The molecule has 0 N–H and O–H groups in total. The van der Waals surface area contributed by atoms with Gasteiger partial charge in [-0.05, 0) is 112 Å². The summed E-state index contributed by atoms with van der Waals surface area (Å²) in [6.45, 7) is 0. The number of furan rings is 1. The Bertz CT molecular complexity index is 3030. The Hall–Kier alpha value is -6.16. The molecule has 11 rings (SSSR count). The summed E-state index contributed by atoms with van der Waals surface area (Å²) in [7, 11) is 0. The van der Waals surface area contributed by atoms with Crippen molar-refractivity contribution in [3.05, 3.63) is 169 Å². The van der Waals surface area contributed by atoms with Crippen molar-refractivity contribution in [1.82, 2.24) is 4.57 Å². The van der Waals surface area contributed by atoms with Crippen LogP contribution >= 0.6 is 11.3 Å². The lowest BCUT2D eigenvalue weighted by molar-refractivity contribution is 0.672. The van der Waals surface area contributed by atoms with Gasteiger partial charge in [0.25, 0.3) is 0 Å². The molecule has 0 aliphatic heterocycles. The summed E-state index contributed by atoms with van der Waals surface area (Å²) < 4.78 is 11.8. The van der Waals surface area contributed by atoms with Crippen LogP contribution in [0, 0.1) is 0 Å². The van der Waals surface area contributed by atoms with Gasteiger partial charge in [0.2, 0.25) is 0 Å². The molecule has 3 aromatic heterocycles. The van der Waals surface area contributed by atoms with Gasteiger partial charge in [-0.1, -0.05) is 103 Å². The summed E-state index contributed by atoms with van der Waals surface area (Å²) in [5, 5.41) is 6.20. The average Bonchev–Trinajstić information content (AvgIpc) is 3.87. The second kappa shape index (κ2) is 11.2. The van der Waals surface area contributed by atoms with Gasteiger partial charge >= 0.3 is 0 Å². The molecule has 0 fully saturated rings. The Morgan fingerprint density at radius 1 is 0.529 bits per heavy atom. The minimum absolute atomic E-state index is 0.937. The second-order valence-electron chi connectivity index (χ2n) is 13.6. The average molecular weight is 670 g/mol. The number of thiophene rings is 1. The molecule has 240 valence electrons. The molecule has 7 aromatic carbocycles. The number of hydrogen-bond donors (Lipinski definition) is 0. The number of benzene rings is 7. The highest BCUT2D eigenvalue weighted by Gasteiger charge is 2.24. The zero-order chi connectivity index (χ0) is 33.5. The maximum Gasteiger partial charge on any atom is 0.145 e. The molecular weight excluding hydrogens is 639 g/mol. The predicted molar refractivity (Wildman–Crippen MR) is 217 cm³/mol. The van der Waals surface area contributed by atoms with E-state index in [0.29, 0.717) is 0 Å². The minimum Gasteiger partial charge on any atom is -0.455 e. The lowest BCUT2D eigenvalue weighted by Gasteiger charge is -2.17. The molecule has 0 amide bonds. The van der Waals surface area contributed by atoms with Crippen LogP contribution in [0.3, 0.4) is 0 Å². The van der Waals surface area contributed by atoms with Crippen molar-refractivity contribution in [1.29, 1.82) is 0 Å². The van der Waals surface area contributed by atoms with Crippen LogP contribution in [-0.2, 0) is 6.42 Å². The summed E-state index contributed by atoms with van der Waals surface area (Å²) in [6, 6.07) is 55.4. The van der Waals surface area contributed by atoms with Crippen LogP contribution in [0.25, 0.3) is 98.2 Å². The van der Waals surface area contributed by atoms with Gasteiger partial charge in [-0.3, -0.25) is 0 Å². The molecule has 3 heteroatoms. The van der Waals surface area contributed by atoms with E-state index in [-0.39, 0.29) is 0 Å². The van der Waals surface area contributed by atoms with Crippen LogP contribution in [-0.4, -0.2) is 4.57 Å². The van der Waals surface area contributed by atoms with Crippen molar-refractivity contribution < 1.29 is 4.42 Å². The molecule has 0 bridgehead atoms. The number of fused-ring (bicyclic) bond motifs is 10. The third-order valence-electron chi connectivity index (χ3n) is 10.6. The van der Waals surface area contributed by atoms with Crippen LogP contribution in [0.5, 0.6) is 0 Å². The van der Waals surface area contributed by atoms with Crippen molar-refractivity contribution in [2.45, 2.75) is 12.8 Å². The van der Waals surface area contributed by atoms with E-state index in [1.54, 1.807) is 0 Å². The molecule has 10 aromatic rings. The lowest BCUT2D eigenvalue weighted by Crippen LogP contribution is -2.01. The number of hydrogen-bond acceptors (Lipinski definition) is 2. The quantitative estimate of drug-likeness (QED) is 0.182. The van der Waals surface area contributed by atoms with Gasteiger partial charge in [0.05, 0.1) is 5.52 Å². The minimum atomic E-state index is 0.937. The molecule has 2 nitrogen and oxygen atoms in total. The highest BCUT2D eigenvalue weighted by atomic mass is 32.1. The van der Waals surface area contributed by atoms with Crippen LogP contribution in [0.2, 0.25) is 0 Å². The van der Waals surface area contributed by atoms with Crippen LogP contribution < -0.4 is 0 Å². The van der Waals surface area contributed by atoms with E-state index in [1.165, 1.54) is 86.5 Å². The second-order valence-corrected chi connectivity index (χ2v) is 14.7. The first-order chi connectivity index (χ1) is 25.3. The van der Waals surface area contributed by atoms with Gasteiger partial charge in [-0.25, -0.2) is 0 Å². The Morgan fingerprint density at radius 3 is 2.18 bits per heavy atom. The first kappa shape index (κ1) is 28.7. The predicted octanol–water partition coefficient (Wildman–Crippen LogP) is 13.9. The molecule has 0 radical (unpaired) electrons. The Labute approximate surface area is 299 Å². The number of aromatic nitrogens is 1.